The van der Waals surface area contributed by atoms with E-state index in [1.165, 1.54) is 17.0 Å². The molecule has 0 bridgehead atoms. The van der Waals surface area contributed by atoms with Gasteiger partial charge in [-0.1, -0.05) is 17.7 Å². The minimum Gasteiger partial charge on any atom is -0.344 e. The van der Waals surface area contributed by atoms with E-state index in [-0.39, 0.29) is 0 Å². The van der Waals surface area contributed by atoms with Gasteiger partial charge in [-0.15, -0.1) is 0 Å². The van der Waals surface area contributed by atoms with Crippen LogP contribution in [0.1, 0.15) is 5.56 Å². The summed E-state index contributed by atoms with van der Waals surface area (Å²) in [5.74, 6) is 0. The standard InChI is InChI=1S/C11H8ClN3O3/c12-11-8(2-1-4-13-11)6-14-5-3-10(16)9(7-14)15(17)18/h1-5,7H,6H2. The molecule has 7 heteroatoms. The van der Waals surface area contributed by atoms with Crippen molar-refractivity contribution < 1.29 is 4.92 Å². The Bertz CT molecular complexity index is 654. The van der Waals surface area contributed by atoms with Gasteiger partial charge in [0.2, 0.25) is 0 Å². The topological polar surface area (TPSA) is 78.0 Å². The van der Waals surface area contributed by atoms with Crippen molar-refractivity contribution in [1.29, 1.82) is 0 Å². The first-order chi connectivity index (χ1) is 8.58. The number of nitrogens with zero attached hydrogens (tertiary/aromatic N) is 3. The van der Waals surface area contributed by atoms with E-state index in [1.54, 1.807) is 18.3 Å². The molecule has 0 aromatic carbocycles. The second kappa shape index (κ2) is 4.97. The highest BCUT2D eigenvalue weighted by Gasteiger charge is 2.12. The van der Waals surface area contributed by atoms with Crippen LogP contribution in [-0.2, 0) is 6.54 Å². The first-order valence-electron chi connectivity index (χ1n) is 5.02. The quantitative estimate of drug-likeness (QED) is 0.482. The van der Waals surface area contributed by atoms with Crippen LogP contribution in [0.3, 0.4) is 0 Å². The fourth-order valence-electron chi connectivity index (χ4n) is 1.48. The molecule has 18 heavy (non-hydrogen) atoms. The Morgan fingerprint density at radius 1 is 1.44 bits per heavy atom. The largest absolute Gasteiger partial charge is 0.344 e. The lowest BCUT2D eigenvalue weighted by atomic mass is 10.3. The maximum Gasteiger partial charge on any atom is 0.332 e. The number of pyridine rings is 2. The minimum atomic E-state index is -0.705. The molecule has 6 nitrogen and oxygen atoms in total. The van der Waals surface area contributed by atoms with Crippen molar-refractivity contribution in [3.05, 3.63) is 67.8 Å². The smallest absolute Gasteiger partial charge is 0.332 e. The van der Waals surface area contributed by atoms with Gasteiger partial charge in [-0.05, 0) is 6.07 Å². The zero-order chi connectivity index (χ0) is 13.1. The van der Waals surface area contributed by atoms with Crippen molar-refractivity contribution in [1.82, 2.24) is 9.55 Å². The van der Waals surface area contributed by atoms with Crippen LogP contribution in [0.15, 0.2) is 41.6 Å². The summed E-state index contributed by atoms with van der Waals surface area (Å²) in [4.78, 5) is 25.1. The lowest BCUT2D eigenvalue weighted by Gasteiger charge is -2.06. The third-order valence-electron chi connectivity index (χ3n) is 2.34. The second-order valence-electron chi connectivity index (χ2n) is 3.58. The average Bonchev–Trinajstić information content (AvgIpc) is 2.34. The van der Waals surface area contributed by atoms with E-state index in [0.717, 1.165) is 11.6 Å². The van der Waals surface area contributed by atoms with Crippen molar-refractivity contribution >= 4 is 17.3 Å². The molecule has 2 aromatic rings. The predicted octanol–water partition coefficient (Wildman–Crippen LogP) is 1.85. The van der Waals surface area contributed by atoms with E-state index >= 15 is 0 Å². The van der Waals surface area contributed by atoms with E-state index in [4.69, 9.17) is 11.6 Å². The van der Waals surface area contributed by atoms with Crippen molar-refractivity contribution in [2.75, 3.05) is 0 Å². The molecule has 0 saturated carbocycles. The fraction of sp³-hybridized carbons (Fsp3) is 0.0909. The highest BCUT2D eigenvalue weighted by Crippen LogP contribution is 2.13. The number of rotatable bonds is 3. The number of hydrogen-bond donors (Lipinski definition) is 0. The summed E-state index contributed by atoms with van der Waals surface area (Å²) in [6.45, 7) is 0.313. The first kappa shape index (κ1) is 12.3. The fourth-order valence-corrected chi connectivity index (χ4v) is 1.66. The number of nitro groups is 1. The van der Waals surface area contributed by atoms with E-state index in [2.05, 4.69) is 4.98 Å². The Hall–Kier alpha value is -2.21. The summed E-state index contributed by atoms with van der Waals surface area (Å²) in [7, 11) is 0. The zero-order valence-corrected chi connectivity index (χ0v) is 9.87. The van der Waals surface area contributed by atoms with Crippen LogP contribution in [0.5, 0.6) is 0 Å². The molecule has 0 aliphatic heterocycles. The van der Waals surface area contributed by atoms with Gasteiger partial charge in [0, 0.05) is 24.0 Å². The summed E-state index contributed by atoms with van der Waals surface area (Å²) in [5, 5.41) is 11.0. The molecule has 0 aliphatic rings. The minimum absolute atomic E-state index is 0.313. The molecule has 0 unspecified atom stereocenters. The Morgan fingerprint density at radius 3 is 2.89 bits per heavy atom. The molecule has 2 heterocycles. The highest BCUT2D eigenvalue weighted by molar-refractivity contribution is 6.30. The van der Waals surface area contributed by atoms with Crippen molar-refractivity contribution in [2.45, 2.75) is 6.54 Å². The third-order valence-corrected chi connectivity index (χ3v) is 2.68. The third kappa shape index (κ3) is 2.54. The van der Waals surface area contributed by atoms with Gasteiger partial charge in [0.1, 0.15) is 5.15 Å². The molecule has 0 N–H and O–H groups in total. The molecule has 0 saturated heterocycles. The van der Waals surface area contributed by atoms with Gasteiger partial charge in [-0.2, -0.15) is 0 Å². The monoisotopic (exact) mass is 265 g/mol. The predicted molar refractivity (Wildman–Crippen MR) is 65.7 cm³/mol. The van der Waals surface area contributed by atoms with Gasteiger partial charge >= 0.3 is 5.69 Å². The number of hydrogen-bond acceptors (Lipinski definition) is 4. The summed E-state index contributed by atoms with van der Waals surface area (Å²) >= 11 is 5.89. The molecule has 92 valence electrons. The van der Waals surface area contributed by atoms with E-state index in [0.29, 0.717) is 11.7 Å². The number of halogens is 1. The molecule has 0 spiro atoms. The number of aromatic nitrogens is 2. The molecule has 0 aliphatic carbocycles. The van der Waals surface area contributed by atoms with Crippen molar-refractivity contribution in [3.63, 3.8) is 0 Å². The molecule has 0 fully saturated rings. The van der Waals surface area contributed by atoms with Crippen LogP contribution in [0.2, 0.25) is 5.15 Å². The molecule has 0 radical (unpaired) electrons. The Kier molecular flexibility index (Phi) is 3.38. The van der Waals surface area contributed by atoms with E-state index in [1.807, 2.05) is 0 Å². The van der Waals surface area contributed by atoms with E-state index < -0.39 is 16.0 Å². The van der Waals surface area contributed by atoms with Gasteiger partial charge < -0.3 is 4.57 Å². The molecule has 0 atom stereocenters. The summed E-state index contributed by atoms with van der Waals surface area (Å²) in [6, 6.07) is 4.64. The normalized spacial score (nSPS) is 10.3. The lowest BCUT2D eigenvalue weighted by Crippen LogP contribution is -2.11. The highest BCUT2D eigenvalue weighted by atomic mass is 35.5. The first-order valence-corrected chi connectivity index (χ1v) is 5.39. The van der Waals surface area contributed by atoms with Crippen LogP contribution in [0, 0.1) is 10.1 Å². The van der Waals surface area contributed by atoms with Gasteiger partial charge in [0.15, 0.2) is 0 Å². The Labute approximate surface area is 107 Å². The molecular formula is C11H8ClN3O3. The second-order valence-corrected chi connectivity index (χ2v) is 3.94. The van der Waals surface area contributed by atoms with Gasteiger partial charge in [-0.25, -0.2) is 4.98 Å². The maximum absolute atomic E-state index is 11.2. The van der Waals surface area contributed by atoms with Gasteiger partial charge in [0.05, 0.1) is 17.7 Å². The van der Waals surface area contributed by atoms with Crippen LogP contribution < -0.4 is 5.43 Å². The van der Waals surface area contributed by atoms with Crippen LogP contribution in [0.4, 0.5) is 5.69 Å². The Balaban J connectivity index is 2.36. The van der Waals surface area contributed by atoms with Crippen LogP contribution in [-0.4, -0.2) is 14.5 Å². The summed E-state index contributed by atoms with van der Waals surface area (Å²) in [5.41, 5.74) is -0.358. The summed E-state index contributed by atoms with van der Waals surface area (Å²) < 4.78 is 1.52. The maximum atomic E-state index is 11.2. The zero-order valence-electron chi connectivity index (χ0n) is 9.12. The average molecular weight is 266 g/mol. The molecular weight excluding hydrogens is 258 g/mol. The van der Waals surface area contributed by atoms with Crippen molar-refractivity contribution in [3.8, 4) is 0 Å². The van der Waals surface area contributed by atoms with Crippen molar-refractivity contribution in [2.24, 2.45) is 0 Å². The summed E-state index contributed by atoms with van der Waals surface area (Å²) in [6.07, 6.45) is 4.21. The van der Waals surface area contributed by atoms with Crippen LogP contribution in [0.25, 0.3) is 0 Å². The van der Waals surface area contributed by atoms with Gasteiger partial charge in [0.25, 0.3) is 5.43 Å². The van der Waals surface area contributed by atoms with E-state index in [9.17, 15) is 14.9 Å². The SMILES string of the molecule is O=c1ccn(Cc2cccnc2Cl)cc1[N+](=O)[O-]. The molecule has 2 rings (SSSR count). The van der Waals surface area contributed by atoms with Gasteiger partial charge in [-0.3, -0.25) is 14.9 Å². The lowest BCUT2D eigenvalue weighted by molar-refractivity contribution is -0.386. The Morgan fingerprint density at radius 2 is 2.22 bits per heavy atom. The molecule has 0 amide bonds. The molecule has 2 aromatic heterocycles. The van der Waals surface area contributed by atoms with Crippen LogP contribution >= 0.6 is 11.6 Å².